The van der Waals surface area contributed by atoms with E-state index < -0.39 is 0 Å². The predicted octanol–water partition coefficient (Wildman–Crippen LogP) is 4.60. The first-order valence-electron chi connectivity index (χ1n) is 6.46. The highest BCUT2D eigenvalue weighted by molar-refractivity contribution is 6.18. The fraction of sp³-hybridized carbons (Fsp3) is 0.600. The summed E-state index contributed by atoms with van der Waals surface area (Å²) in [6.45, 7) is 5.34. The lowest BCUT2D eigenvalue weighted by Crippen LogP contribution is -2.22. The maximum Gasteiger partial charge on any atom is 0.122 e. The van der Waals surface area contributed by atoms with E-state index in [1.807, 2.05) is 6.07 Å². The van der Waals surface area contributed by atoms with Crippen molar-refractivity contribution < 1.29 is 4.74 Å². The van der Waals surface area contributed by atoms with Gasteiger partial charge in [0.2, 0.25) is 0 Å². The Balaban J connectivity index is 2.10. The van der Waals surface area contributed by atoms with Crippen molar-refractivity contribution in [2.75, 3.05) is 12.5 Å². The van der Waals surface area contributed by atoms with E-state index in [0.29, 0.717) is 5.92 Å². The van der Waals surface area contributed by atoms with Crippen LogP contribution in [0.5, 0.6) is 5.75 Å². The molecule has 0 bridgehead atoms. The zero-order valence-corrected chi connectivity index (χ0v) is 11.5. The minimum atomic E-state index is 0.238. The van der Waals surface area contributed by atoms with Crippen LogP contribution in [-0.2, 0) is 0 Å². The van der Waals surface area contributed by atoms with Gasteiger partial charge in [0.25, 0.3) is 0 Å². The van der Waals surface area contributed by atoms with Crippen LogP contribution in [0, 0.1) is 5.41 Å². The topological polar surface area (TPSA) is 9.23 Å². The van der Waals surface area contributed by atoms with Crippen molar-refractivity contribution in [2.24, 2.45) is 5.41 Å². The van der Waals surface area contributed by atoms with Gasteiger partial charge in [-0.2, -0.15) is 0 Å². The summed E-state index contributed by atoms with van der Waals surface area (Å²) in [6.07, 6.45) is 3.51. The van der Waals surface area contributed by atoms with Gasteiger partial charge in [-0.15, -0.1) is 11.6 Å². The van der Waals surface area contributed by atoms with Crippen molar-refractivity contribution in [3.63, 3.8) is 0 Å². The molecule has 2 atom stereocenters. The quantitative estimate of drug-likeness (QED) is 0.696. The van der Waals surface area contributed by atoms with Gasteiger partial charge in [0.1, 0.15) is 5.75 Å². The largest absolute Gasteiger partial charge is 0.493 e. The predicted molar refractivity (Wildman–Crippen MR) is 73.0 cm³/mol. The molecule has 0 fully saturated rings. The van der Waals surface area contributed by atoms with Crippen molar-refractivity contribution in [2.45, 2.75) is 39.0 Å². The molecule has 0 aliphatic carbocycles. The smallest absolute Gasteiger partial charge is 0.122 e. The van der Waals surface area contributed by atoms with Crippen molar-refractivity contribution in [1.29, 1.82) is 0 Å². The Bertz CT molecular complexity index is 377. The summed E-state index contributed by atoms with van der Waals surface area (Å²) in [7, 11) is 0. The van der Waals surface area contributed by atoms with Gasteiger partial charge < -0.3 is 4.74 Å². The number of rotatable bonds is 5. The molecule has 0 N–H and O–H groups in total. The maximum absolute atomic E-state index is 6.15. The third-order valence-corrected chi connectivity index (χ3v) is 4.36. The molecule has 2 rings (SSSR count). The molecule has 0 aromatic heterocycles. The Kier molecular flexibility index (Phi) is 3.98. The van der Waals surface area contributed by atoms with Crippen LogP contribution in [0.1, 0.15) is 44.6 Å². The molecule has 1 aromatic carbocycles. The number of para-hydroxylation sites is 1. The Morgan fingerprint density at radius 3 is 2.88 bits per heavy atom. The third-order valence-electron chi connectivity index (χ3n) is 3.71. The van der Waals surface area contributed by atoms with Gasteiger partial charge >= 0.3 is 0 Å². The summed E-state index contributed by atoms with van der Waals surface area (Å²) >= 11 is 6.15. The van der Waals surface area contributed by atoms with Gasteiger partial charge in [0.05, 0.1) is 6.61 Å². The second kappa shape index (κ2) is 5.30. The second-order valence-electron chi connectivity index (χ2n) is 5.44. The molecule has 0 radical (unpaired) electrons. The van der Waals surface area contributed by atoms with E-state index in [1.54, 1.807) is 0 Å². The zero-order valence-electron chi connectivity index (χ0n) is 10.7. The van der Waals surface area contributed by atoms with Crippen molar-refractivity contribution in [1.82, 2.24) is 0 Å². The Morgan fingerprint density at radius 1 is 1.41 bits per heavy atom. The Hall–Kier alpha value is -0.690. The van der Waals surface area contributed by atoms with E-state index >= 15 is 0 Å². The number of ether oxygens (including phenoxy) is 1. The monoisotopic (exact) mass is 252 g/mol. The average molecular weight is 253 g/mol. The van der Waals surface area contributed by atoms with Crippen molar-refractivity contribution in [3.8, 4) is 5.75 Å². The van der Waals surface area contributed by atoms with Crippen LogP contribution in [0.25, 0.3) is 0 Å². The normalized spacial score (nSPS) is 21.7. The number of hydrogen-bond donors (Lipinski definition) is 0. The molecule has 1 aliphatic rings. The van der Waals surface area contributed by atoms with E-state index in [2.05, 4.69) is 32.0 Å². The van der Waals surface area contributed by atoms with Crippen molar-refractivity contribution >= 4 is 11.6 Å². The lowest BCUT2D eigenvalue weighted by molar-refractivity contribution is 0.248. The number of benzene rings is 1. The lowest BCUT2D eigenvalue weighted by atomic mass is 9.77. The lowest BCUT2D eigenvalue weighted by Gasteiger charge is -2.29. The minimum Gasteiger partial charge on any atom is -0.493 e. The molecule has 1 aromatic rings. The molecule has 1 aliphatic heterocycles. The first-order valence-corrected chi connectivity index (χ1v) is 6.99. The molecular formula is C15H21ClO. The first-order chi connectivity index (χ1) is 8.18. The molecule has 2 heteroatoms. The molecule has 0 spiro atoms. The Labute approximate surface area is 109 Å². The number of alkyl halides is 1. The molecular weight excluding hydrogens is 232 g/mol. The number of fused-ring (bicyclic) bond motifs is 1. The van der Waals surface area contributed by atoms with Gasteiger partial charge in [-0.1, -0.05) is 38.5 Å². The molecule has 0 amide bonds. The van der Waals surface area contributed by atoms with E-state index in [1.165, 1.54) is 18.4 Å². The molecule has 0 saturated heterocycles. The second-order valence-corrected chi connectivity index (χ2v) is 5.71. The van der Waals surface area contributed by atoms with E-state index in [-0.39, 0.29) is 5.41 Å². The fourth-order valence-corrected chi connectivity index (χ4v) is 3.06. The fourth-order valence-electron chi connectivity index (χ4n) is 2.82. The maximum atomic E-state index is 6.15. The van der Waals surface area contributed by atoms with E-state index in [4.69, 9.17) is 16.3 Å². The summed E-state index contributed by atoms with van der Waals surface area (Å²) in [5.74, 6) is 2.31. The van der Waals surface area contributed by atoms with Crippen LogP contribution < -0.4 is 4.74 Å². The molecule has 0 saturated carbocycles. The molecule has 94 valence electrons. The molecule has 2 unspecified atom stereocenters. The van der Waals surface area contributed by atoms with Crippen LogP contribution in [0.15, 0.2) is 24.3 Å². The van der Waals surface area contributed by atoms with Crippen LogP contribution in [0.4, 0.5) is 0 Å². The van der Waals surface area contributed by atoms with Gasteiger partial charge in [-0.3, -0.25) is 0 Å². The average Bonchev–Trinajstić information content (AvgIpc) is 2.73. The van der Waals surface area contributed by atoms with E-state index in [9.17, 15) is 0 Å². The highest BCUT2D eigenvalue weighted by atomic mass is 35.5. The summed E-state index contributed by atoms with van der Waals surface area (Å²) in [4.78, 5) is 0. The zero-order chi connectivity index (χ0) is 12.3. The highest BCUT2D eigenvalue weighted by Crippen LogP contribution is 2.42. The summed E-state index contributed by atoms with van der Waals surface area (Å²) in [6, 6.07) is 8.38. The van der Waals surface area contributed by atoms with Crippen molar-refractivity contribution in [3.05, 3.63) is 29.8 Å². The molecule has 1 nitrogen and oxygen atoms in total. The number of hydrogen-bond acceptors (Lipinski definition) is 1. The van der Waals surface area contributed by atoms with Gasteiger partial charge in [-0.05, 0) is 24.3 Å². The summed E-state index contributed by atoms with van der Waals surface area (Å²) in [5, 5.41) is 0. The standard InChI is InChI=1S/C15H21ClO/c1-3-8-15(2,11-16)9-12-10-17-14-7-5-4-6-13(12)14/h4-7,12H,3,8-11H2,1-2H3. The molecule has 17 heavy (non-hydrogen) atoms. The van der Waals surface area contributed by atoms with E-state index in [0.717, 1.165) is 24.7 Å². The summed E-state index contributed by atoms with van der Waals surface area (Å²) < 4.78 is 5.74. The Morgan fingerprint density at radius 2 is 2.18 bits per heavy atom. The SMILES string of the molecule is CCCC(C)(CCl)CC1COc2ccccc21. The van der Waals surface area contributed by atoms with Crippen LogP contribution in [-0.4, -0.2) is 12.5 Å². The molecule has 1 heterocycles. The third kappa shape index (κ3) is 2.77. The number of halogens is 1. The van der Waals surface area contributed by atoms with Crippen LogP contribution >= 0.6 is 11.6 Å². The summed E-state index contributed by atoms with van der Waals surface area (Å²) in [5.41, 5.74) is 1.60. The van der Waals surface area contributed by atoms with Gasteiger partial charge in [0, 0.05) is 17.4 Å². The van der Waals surface area contributed by atoms with Crippen LogP contribution in [0.2, 0.25) is 0 Å². The minimum absolute atomic E-state index is 0.238. The first kappa shape index (κ1) is 12.8. The highest BCUT2D eigenvalue weighted by Gasteiger charge is 2.32. The van der Waals surface area contributed by atoms with Crippen LogP contribution in [0.3, 0.4) is 0 Å². The van der Waals surface area contributed by atoms with Gasteiger partial charge in [-0.25, -0.2) is 0 Å². The van der Waals surface area contributed by atoms with Gasteiger partial charge in [0.15, 0.2) is 0 Å².